The van der Waals surface area contributed by atoms with Crippen molar-refractivity contribution in [1.82, 2.24) is 10.9 Å². The minimum atomic E-state index is -0.435. The molecular formula is C19H22N6O2. The number of benzene rings is 2. The topological polar surface area (TPSA) is 107 Å². The molecule has 0 aromatic heterocycles. The van der Waals surface area contributed by atoms with Crippen molar-refractivity contribution in [2.24, 2.45) is 10.2 Å². The van der Waals surface area contributed by atoms with Crippen molar-refractivity contribution in [3.05, 3.63) is 60.7 Å². The van der Waals surface area contributed by atoms with Crippen LogP contribution < -0.4 is 21.5 Å². The Labute approximate surface area is 157 Å². The number of anilines is 2. The molecule has 0 saturated carbocycles. The summed E-state index contributed by atoms with van der Waals surface area (Å²) in [5, 5.41) is 13.3. The van der Waals surface area contributed by atoms with Crippen LogP contribution in [0.1, 0.15) is 20.3 Å². The van der Waals surface area contributed by atoms with Crippen molar-refractivity contribution in [2.75, 3.05) is 10.6 Å². The average molecular weight is 366 g/mol. The van der Waals surface area contributed by atoms with Crippen molar-refractivity contribution < 1.29 is 9.59 Å². The van der Waals surface area contributed by atoms with Gasteiger partial charge in [-0.1, -0.05) is 36.4 Å². The first-order chi connectivity index (χ1) is 13.0. The highest BCUT2D eigenvalue weighted by atomic mass is 16.2. The van der Waals surface area contributed by atoms with Crippen molar-refractivity contribution in [2.45, 2.75) is 20.3 Å². The van der Waals surface area contributed by atoms with Gasteiger partial charge in [-0.25, -0.2) is 20.4 Å². The van der Waals surface area contributed by atoms with Crippen LogP contribution in [0.25, 0.3) is 0 Å². The van der Waals surface area contributed by atoms with Crippen LogP contribution in [0.15, 0.2) is 70.9 Å². The average Bonchev–Trinajstić information content (AvgIpc) is 2.66. The molecule has 2 aromatic rings. The molecule has 0 aliphatic heterocycles. The number of para-hydroxylation sites is 2. The van der Waals surface area contributed by atoms with Crippen LogP contribution >= 0.6 is 0 Å². The van der Waals surface area contributed by atoms with Gasteiger partial charge in [0, 0.05) is 29.2 Å². The third-order valence-corrected chi connectivity index (χ3v) is 3.27. The standard InChI is InChI=1S/C19H22N6O2/c1-14(22-24-18(26)20-16-9-5-3-6-10-16)13-15(2)23-25-19(27)21-17-11-7-4-8-12-17/h3-12H,13H2,1-2H3,(H2,20,24,26)(H2,21,25,27)/b22-14+,23-15+. The zero-order valence-electron chi connectivity index (χ0n) is 15.2. The number of urea groups is 2. The molecular weight excluding hydrogens is 344 g/mol. The number of nitrogens with one attached hydrogen (secondary N) is 4. The third kappa shape index (κ3) is 7.82. The first-order valence-corrected chi connectivity index (χ1v) is 8.33. The zero-order valence-corrected chi connectivity index (χ0v) is 15.2. The first-order valence-electron chi connectivity index (χ1n) is 8.33. The molecule has 2 aromatic carbocycles. The SMILES string of the molecule is C/C(C/C(C)=N/NC(=O)Nc1ccccc1)=N\NC(=O)Nc1ccccc1. The van der Waals surface area contributed by atoms with E-state index in [0.29, 0.717) is 29.2 Å². The molecule has 0 saturated heterocycles. The summed E-state index contributed by atoms with van der Waals surface area (Å²) in [5.74, 6) is 0. The molecule has 0 unspecified atom stereocenters. The predicted molar refractivity (Wildman–Crippen MR) is 108 cm³/mol. The molecule has 0 radical (unpaired) electrons. The zero-order chi connectivity index (χ0) is 19.5. The quantitative estimate of drug-likeness (QED) is 0.461. The van der Waals surface area contributed by atoms with E-state index in [2.05, 4.69) is 31.7 Å². The number of carbonyl (C=O) groups excluding carboxylic acids is 2. The van der Waals surface area contributed by atoms with E-state index in [4.69, 9.17) is 0 Å². The molecule has 0 bridgehead atoms. The van der Waals surface area contributed by atoms with E-state index in [-0.39, 0.29) is 0 Å². The van der Waals surface area contributed by atoms with Gasteiger partial charge in [0.25, 0.3) is 0 Å². The van der Waals surface area contributed by atoms with Gasteiger partial charge in [-0.2, -0.15) is 10.2 Å². The van der Waals surface area contributed by atoms with Gasteiger partial charge in [0.2, 0.25) is 0 Å². The van der Waals surface area contributed by atoms with Gasteiger partial charge < -0.3 is 10.6 Å². The van der Waals surface area contributed by atoms with Gasteiger partial charge in [-0.15, -0.1) is 0 Å². The predicted octanol–water partition coefficient (Wildman–Crippen LogP) is 3.77. The molecule has 0 aliphatic carbocycles. The lowest BCUT2D eigenvalue weighted by Gasteiger charge is -2.06. The normalized spacial score (nSPS) is 11.5. The largest absolute Gasteiger partial charge is 0.339 e. The maximum absolute atomic E-state index is 11.8. The summed E-state index contributed by atoms with van der Waals surface area (Å²) in [5.41, 5.74) is 7.47. The van der Waals surface area contributed by atoms with Gasteiger partial charge in [0.1, 0.15) is 0 Å². The van der Waals surface area contributed by atoms with E-state index in [1.54, 1.807) is 38.1 Å². The Kier molecular flexibility index (Phi) is 7.52. The second-order valence-corrected chi connectivity index (χ2v) is 5.73. The van der Waals surface area contributed by atoms with Crippen molar-refractivity contribution in [3.63, 3.8) is 0 Å². The molecule has 4 amide bonds. The molecule has 0 spiro atoms. The second kappa shape index (κ2) is 10.3. The minimum Gasteiger partial charge on any atom is -0.307 e. The Morgan fingerprint density at radius 2 is 1.07 bits per heavy atom. The number of rotatable bonds is 6. The molecule has 0 fully saturated rings. The molecule has 0 atom stereocenters. The number of amides is 4. The second-order valence-electron chi connectivity index (χ2n) is 5.73. The third-order valence-electron chi connectivity index (χ3n) is 3.27. The van der Waals surface area contributed by atoms with Crippen molar-refractivity contribution in [1.29, 1.82) is 0 Å². The van der Waals surface area contributed by atoms with Crippen LogP contribution in [0.5, 0.6) is 0 Å². The van der Waals surface area contributed by atoms with Crippen LogP contribution in [0.4, 0.5) is 21.0 Å². The fraction of sp³-hybridized carbons (Fsp3) is 0.158. The van der Waals surface area contributed by atoms with Crippen LogP contribution in [0.2, 0.25) is 0 Å². The van der Waals surface area contributed by atoms with Gasteiger partial charge in [-0.05, 0) is 38.1 Å². The van der Waals surface area contributed by atoms with Gasteiger partial charge in [0.15, 0.2) is 0 Å². The summed E-state index contributed by atoms with van der Waals surface area (Å²) in [4.78, 5) is 23.5. The Morgan fingerprint density at radius 1 is 0.704 bits per heavy atom. The number of carbonyl (C=O) groups is 2. The van der Waals surface area contributed by atoms with Crippen molar-refractivity contribution in [3.8, 4) is 0 Å². The molecule has 2 rings (SSSR count). The Morgan fingerprint density at radius 3 is 1.44 bits per heavy atom. The highest BCUT2D eigenvalue weighted by Crippen LogP contribution is 2.05. The summed E-state index contributed by atoms with van der Waals surface area (Å²) in [6.45, 7) is 3.51. The Hall–Kier alpha value is -3.68. The van der Waals surface area contributed by atoms with E-state index in [9.17, 15) is 9.59 Å². The lowest BCUT2D eigenvalue weighted by Crippen LogP contribution is -2.26. The van der Waals surface area contributed by atoms with E-state index < -0.39 is 12.1 Å². The van der Waals surface area contributed by atoms with Gasteiger partial charge >= 0.3 is 12.1 Å². The Bertz CT molecular complexity index is 749. The lowest BCUT2D eigenvalue weighted by molar-refractivity contribution is 0.251. The first kappa shape index (κ1) is 19.6. The summed E-state index contributed by atoms with van der Waals surface area (Å²) in [6, 6.07) is 17.3. The summed E-state index contributed by atoms with van der Waals surface area (Å²) >= 11 is 0. The lowest BCUT2D eigenvalue weighted by atomic mass is 10.2. The molecule has 8 heteroatoms. The molecule has 4 N–H and O–H groups in total. The molecule has 0 aliphatic rings. The summed E-state index contributed by atoms with van der Waals surface area (Å²) < 4.78 is 0. The van der Waals surface area contributed by atoms with E-state index in [1.807, 2.05) is 36.4 Å². The highest BCUT2D eigenvalue weighted by molar-refractivity contribution is 6.03. The number of nitrogens with zero attached hydrogens (tertiary/aromatic N) is 2. The van der Waals surface area contributed by atoms with Crippen molar-refractivity contribution >= 4 is 34.9 Å². The number of hydrazone groups is 2. The van der Waals surface area contributed by atoms with Crippen LogP contribution in [-0.2, 0) is 0 Å². The number of hydrogen-bond donors (Lipinski definition) is 4. The van der Waals surface area contributed by atoms with Crippen LogP contribution in [0, 0.1) is 0 Å². The molecule has 0 heterocycles. The van der Waals surface area contributed by atoms with E-state index in [1.165, 1.54) is 0 Å². The van der Waals surface area contributed by atoms with Crippen LogP contribution in [-0.4, -0.2) is 23.5 Å². The maximum Gasteiger partial charge on any atom is 0.339 e. The Balaban J connectivity index is 1.75. The van der Waals surface area contributed by atoms with E-state index >= 15 is 0 Å². The smallest absolute Gasteiger partial charge is 0.307 e. The summed E-state index contributed by atoms with van der Waals surface area (Å²) in [6.07, 6.45) is 0.400. The summed E-state index contributed by atoms with van der Waals surface area (Å²) in [7, 11) is 0. The monoisotopic (exact) mass is 366 g/mol. The molecule has 140 valence electrons. The van der Waals surface area contributed by atoms with Gasteiger partial charge in [-0.3, -0.25) is 0 Å². The fourth-order valence-electron chi connectivity index (χ4n) is 2.10. The maximum atomic E-state index is 11.8. The molecule has 27 heavy (non-hydrogen) atoms. The molecule has 8 nitrogen and oxygen atoms in total. The van der Waals surface area contributed by atoms with E-state index in [0.717, 1.165) is 0 Å². The fourth-order valence-corrected chi connectivity index (χ4v) is 2.10. The van der Waals surface area contributed by atoms with Gasteiger partial charge in [0.05, 0.1) is 0 Å². The highest BCUT2D eigenvalue weighted by Gasteiger charge is 2.03. The van der Waals surface area contributed by atoms with Crippen LogP contribution in [0.3, 0.4) is 0 Å². The minimum absolute atomic E-state index is 0.400. The number of hydrogen-bond acceptors (Lipinski definition) is 4.